The molecule has 3 heteroatoms. The summed E-state index contributed by atoms with van der Waals surface area (Å²) in [4.78, 5) is 4.74. The highest BCUT2D eigenvalue weighted by Gasteiger charge is 2.19. The van der Waals surface area contributed by atoms with E-state index in [4.69, 9.17) is 4.98 Å². The highest BCUT2D eigenvalue weighted by atomic mass is 15.0. The topological polar surface area (TPSA) is 37.0 Å². The van der Waals surface area contributed by atoms with Crippen molar-refractivity contribution in [2.24, 2.45) is 0 Å². The third-order valence-corrected chi connectivity index (χ3v) is 3.90. The third kappa shape index (κ3) is 2.44. The Morgan fingerprint density at radius 3 is 3.18 bits per heavy atom. The Balaban J connectivity index is 1.68. The second-order valence-corrected chi connectivity index (χ2v) is 5.38. The van der Waals surface area contributed by atoms with E-state index in [1.807, 2.05) is 0 Å². The molecule has 17 heavy (non-hydrogen) atoms. The molecule has 2 aliphatic rings. The Hall–Kier alpha value is -1.09. The number of hydrogen-bond donors (Lipinski definition) is 2. The van der Waals surface area contributed by atoms with Crippen LogP contribution in [0, 0.1) is 0 Å². The standard InChI is InChI=1S/C14H21N3/c1-10-9-12(7-8-15-10)16-14-6-5-11-3-2-4-13(11)17-14/h5-6,10,12,15H,2-4,7-9H2,1H3,(H,16,17). The number of anilines is 1. The normalized spacial score (nSPS) is 27.8. The fourth-order valence-corrected chi connectivity index (χ4v) is 2.97. The molecule has 0 amide bonds. The minimum Gasteiger partial charge on any atom is -0.367 e. The molecule has 3 rings (SSSR count). The lowest BCUT2D eigenvalue weighted by Gasteiger charge is -2.29. The number of nitrogens with zero attached hydrogens (tertiary/aromatic N) is 1. The van der Waals surface area contributed by atoms with Crippen LogP contribution in [0.4, 0.5) is 5.82 Å². The van der Waals surface area contributed by atoms with Gasteiger partial charge in [-0.1, -0.05) is 6.07 Å². The molecule has 1 saturated heterocycles. The number of nitrogens with one attached hydrogen (secondary N) is 2. The molecule has 3 nitrogen and oxygen atoms in total. The van der Waals surface area contributed by atoms with Crippen LogP contribution in [0.15, 0.2) is 12.1 Å². The summed E-state index contributed by atoms with van der Waals surface area (Å²) in [6.45, 7) is 3.37. The van der Waals surface area contributed by atoms with Crippen LogP contribution < -0.4 is 10.6 Å². The highest BCUT2D eigenvalue weighted by Crippen LogP contribution is 2.22. The van der Waals surface area contributed by atoms with Crippen LogP contribution in [-0.2, 0) is 12.8 Å². The van der Waals surface area contributed by atoms with E-state index in [-0.39, 0.29) is 0 Å². The average molecular weight is 231 g/mol. The molecular weight excluding hydrogens is 210 g/mol. The fraction of sp³-hybridized carbons (Fsp3) is 0.643. The van der Waals surface area contributed by atoms with E-state index in [1.165, 1.54) is 36.9 Å². The Bertz CT molecular complexity index is 402. The van der Waals surface area contributed by atoms with Gasteiger partial charge in [0.25, 0.3) is 0 Å². The van der Waals surface area contributed by atoms with Gasteiger partial charge in [0.15, 0.2) is 0 Å². The quantitative estimate of drug-likeness (QED) is 0.818. The minimum absolute atomic E-state index is 0.582. The predicted molar refractivity (Wildman–Crippen MR) is 70.4 cm³/mol. The first-order valence-electron chi connectivity index (χ1n) is 6.80. The second-order valence-electron chi connectivity index (χ2n) is 5.38. The van der Waals surface area contributed by atoms with Gasteiger partial charge in [0.05, 0.1) is 0 Å². The Morgan fingerprint density at radius 2 is 2.29 bits per heavy atom. The fourth-order valence-electron chi connectivity index (χ4n) is 2.97. The van der Waals surface area contributed by atoms with E-state index in [0.717, 1.165) is 18.8 Å². The summed E-state index contributed by atoms with van der Waals surface area (Å²) >= 11 is 0. The SMILES string of the molecule is CC1CC(Nc2ccc3c(n2)CCC3)CCN1. The summed E-state index contributed by atoms with van der Waals surface area (Å²) in [6, 6.07) is 5.60. The first-order valence-corrected chi connectivity index (χ1v) is 6.80. The number of hydrogen-bond acceptors (Lipinski definition) is 3. The molecule has 1 aromatic heterocycles. The van der Waals surface area contributed by atoms with Crippen molar-refractivity contribution >= 4 is 5.82 Å². The van der Waals surface area contributed by atoms with Gasteiger partial charge < -0.3 is 10.6 Å². The molecule has 1 aliphatic heterocycles. The summed E-state index contributed by atoms with van der Waals surface area (Å²) in [5.41, 5.74) is 2.77. The van der Waals surface area contributed by atoms with Crippen LogP contribution >= 0.6 is 0 Å². The van der Waals surface area contributed by atoms with Crippen molar-refractivity contribution in [3.8, 4) is 0 Å². The maximum absolute atomic E-state index is 4.74. The molecule has 92 valence electrons. The van der Waals surface area contributed by atoms with Crippen LogP contribution in [0.2, 0.25) is 0 Å². The van der Waals surface area contributed by atoms with Crippen molar-refractivity contribution in [3.63, 3.8) is 0 Å². The van der Waals surface area contributed by atoms with Crippen molar-refractivity contribution in [2.75, 3.05) is 11.9 Å². The number of fused-ring (bicyclic) bond motifs is 1. The molecular formula is C14H21N3. The Kier molecular flexibility index (Phi) is 3.02. The molecule has 0 saturated carbocycles. The zero-order valence-corrected chi connectivity index (χ0v) is 10.5. The maximum Gasteiger partial charge on any atom is 0.126 e. The van der Waals surface area contributed by atoms with Gasteiger partial charge in [0.1, 0.15) is 5.82 Å². The zero-order valence-electron chi connectivity index (χ0n) is 10.5. The first-order chi connectivity index (χ1) is 8.31. The molecule has 1 fully saturated rings. The van der Waals surface area contributed by atoms with Crippen molar-refractivity contribution in [2.45, 2.75) is 51.1 Å². The number of rotatable bonds is 2. The highest BCUT2D eigenvalue weighted by molar-refractivity contribution is 5.41. The van der Waals surface area contributed by atoms with Crippen LogP contribution in [0.3, 0.4) is 0 Å². The van der Waals surface area contributed by atoms with Gasteiger partial charge in [-0.15, -0.1) is 0 Å². The smallest absolute Gasteiger partial charge is 0.126 e. The number of aryl methyl sites for hydroxylation is 2. The lowest BCUT2D eigenvalue weighted by molar-refractivity contribution is 0.396. The van der Waals surface area contributed by atoms with Crippen molar-refractivity contribution < 1.29 is 0 Å². The predicted octanol–water partition coefficient (Wildman–Crippen LogP) is 2.12. The largest absolute Gasteiger partial charge is 0.367 e. The van der Waals surface area contributed by atoms with E-state index < -0.39 is 0 Å². The number of pyridine rings is 1. The lowest BCUT2D eigenvalue weighted by Crippen LogP contribution is -2.41. The van der Waals surface area contributed by atoms with Gasteiger partial charge in [-0.05, 0) is 57.2 Å². The molecule has 1 aliphatic carbocycles. The Morgan fingerprint density at radius 1 is 1.35 bits per heavy atom. The van der Waals surface area contributed by atoms with Gasteiger partial charge in [-0.2, -0.15) is 0 Å². The molecule has 0 radical (unpaired) electrons. The molecule has 2 unspecified atom stereocenters. The van der Waals surface area contributed by atoms with Gasteiger partial charge in [0, 0.05) is 17.8 Å². The lowest BCUT2D eigenvalue weighted by atomic mass is 10.0. The Labute approximate surface area is 103 Å². The summed E-state index contributed by atoms with van der Waals surface area (Å²) in [6.07, 6.45) is 6.04. The summed E-state index contributed by atoms with van der Waals surface area (Å²) < 4.78 is 0. The van der Waals surface area contributed by atoms with Crippen LogP contribution in [0.1, 0.15) is 37.4 Å². The molecule has 0 bridgehead atoms. The van der Waals surface area contributed by atoms with Crippen LogP contribution in [0.5, 0.6) is 0 Å². The van der Waals surface area contributed by atoms with Crippen molar-refractivity contribution in [1.29, 1.82) is 0 Å². The van der Waals surface area contributed by atoms with Crippen LogP contribution in [-0.4, -0.2) is 23.6 Å². The second kappa shape index (κ2) is 4.65. The number of aromatic nitrogens is 1. The van der Waals surface area contributed by atoms with E-state index in [9.17, 15) is 0 Å². The molecule has 2 atom stereocenters. The van der Waals surface area contributed by atoms with Gasteiger partial charge >= 0.3 is 0 Å². The average Bonchev–Trinajstić information content (AvgIpc) is 2.76. The van der Waals surface area contributed by atoms with E-state index in [2.05, 4.69) is 29.7 Å². The van der Waals surface area contributed by atoms with Crippen molar-refractivity contribution in [3.05, 3.63) is 23.4 Å². The van der Waals surface area contributed by atoms with E-state index >= 15 is 0 Å². The molecule has 2 N–H and O–H groups in total. The van der Waals surface area contributed by atoms with Crippen LogP contribution in [0.25, 0.3) is 0 Å². The molecule has 1 aromatic rings. The summed E-state index contributed by atoms with van der Waals surface area (Å²) in [5.74, 6) is 1.07. The monoisotopic (exact) mass is 231 g/mol. The molecule has 2 heterocycles. The van der Waals surface area contributed by atoms with E-state index in [1.54, 1.807) is 0 Å². The minimum atomic E-state index is 0.582. The summed E-state index contributed by atoms with van der Waals surface area (Å²) in [5, 5.41) is 7.07. The first kappa shape index (κ1) is 11.0. The van der Waals surface area contributed by atoms with E-state index in [0.29, 0.717) is 12.1 Å². The molecule has 0 spiro atoms. The maximum atomic E-state index is 4.74. The third-order valence-electron chi connectivity index (χ3n) is 3.90. The summed E-state index contributed by atoms with van der Waals surface area (Å²) in [7, 11) is 0. The number of piperidine rings is 1. The van der Waals surface area contributed by atoms with Gasteiger partial charge in [-0.3, -0.25) is 0 Å². The zero-order chi connectivity index (χ0) is 11.7. The van der Waals surface area contributed by atoms with Gasteiger partial charge in [0.2, 0.25) is 0 Å². The van der Waals surface area contributed by atoms with Crippen molar-refractivity contribution in [1.82, 2.24) is 10.3 Å². The van der Waals surface area contributed by atoms with Gasteiger partial charge in [-0.25, -0.2) is 4.98 Å². The molecule has 0 aromatic carbocycles.